The number of pyridine rings is 1. The fourth-order valence-electron chi connectivity index (χ4n) is 4.06. The molecule has 9 heteroatoms. The number of nitrogens with one attached hydrogen (secondary N) is 2. The van der Waals surface area contributed by atoms with Crippen LogP contribution in [-0.2, 0) is 26.2 Å². The molecule has 5 aromatic rings. The van der Waals surface area contributed by atoms with Crippen LogP contribution in [0.1, 0.15) is 22.7 Å². The molecule has 0 saturated carbocycles. The molecule has 3 heterocycles. The van der Waals surface area contributed by atoms with E-state index in [0.29, 0.717) is 31.7 Å². The number of nitrogens with zero attached hydrogens (tertiary/aromatic N) is 4. The summed E-state index contributed by atoms with van der Waals surface area (Å²) in [5.41, 5.74) is 2.44. The molecule has 0 aliphatic heterocycles. The van der Waals surface area contributed by atoms with Gasteiger partial charge in [-0.05, 0) is 52.4 Å². The molecular weight excluding hydrogens is 432 g/mol. The summed E-state index contributed by atoms with van der Waals surface area (Å²) in [4.78, 5) is 16.9. The molecule has 3 aromatic heterocycles. The molecule has 0 fully saturated rings. The highest BCUT2D eigenvalue weighted by molar-refractivity contribution is 5.80. The largest absolute Gasteiger partial charge is 0.497 e. The van der Waals surface area contributed by atoms with Crippen LogP contribution in [0.25, 0.3) is 10.9 Å². The Bertz CT molecular complexity index is 1430. The predicted molar refractivity (Wildman–Crippen MR) is 125 cm³/mol. The maximum Gasteiger partial charge on any atom is 0.257 e. The van der Waals surface area contributed by atoms with Crippen LogP contribution in [0.4, 0.5) is 0 Å². The first-order chi connectivity index (χ1) is 16.7. The van der Waals surface area contributed by atoms with Crippen LogP contribution in [0.3, 0.4) is 0 Å². The highest BCUT2D eigenvalue weighted by Gasteiger charge is 2.20. The van der Waals surface area contributed by atoms with Crippen molar-refractivity contribution in [3.63, 3.8) is 0 Å². The monoisotopic (exact) mass is 457 g/mol. The van der Waals surface area contributed by atoms with Crippen molar-refractivity contribution in [2.45, 2.75) is 26.2 Å². The Labute approximate surface area is 195 Å². The number of methoxy groups -OCH3 is 1. The van der Waals surface area contributed by atoms with Crippen molar-refractivity contribution >= 4 is 10.9 Å². The van der Waals surface area contributed by atoms with Crippen molar-refractivity contribution in [2.24, 2.45) is 0 Å². The Morgan fingerprint density at radius 3 is 2.71 bits per heavy atom. The van der Waals surface area contributed by atoms with E-state index >= 15 is 0 Å². The lowest BCUT2D eigenvalue weighted by Crippen LogP contribution is -3.08. The Balaban J connectivity index is 1.43. The molecule has 5 rings (SSSR count). The summed E-state index contributed by atoms with van der Waals surface area (Å²) in [6, 6.07) is 21.4. The molecule has 34 heavy (non-hydrogen) atoms. The number of quaternary nitrogens is 1. The SMILES string of the molecule is COc1ccc2[nH]c(=O)c(C[NH+](Cc3ccco3)Cc3nnnn3Cc3ccccc3)cc2c1. The summed E-state index contributed by atoms with van der Waals surface area (Å²) in [6.45, 7) is 2.16. The van der Waals surface area contributed by atoms with E-state index in [4.69, 9.17) is 9.15 Å². The van der Waals surface area contributed by atoms with Gasteiger partial charge >= 0.3 is 0 Å². The topological polar surface area (TPSA) is 103 Å². The van der Waals surface area contributed by atoms with E-state index in [1.807, 2.05) is 66.7 Å². The minimum Gasteiger partial charge on any atom is -0.497 e. The smallest absolute Gasteiger partial charge is 0.257 e. The van der Waals surface area contributed by atoms with E-state index in [0.717, 1.165) is 38.7 Å². The molecule has 0 amide bonds. The first kappa shape index (κ1) is 21.6. The molecule has 0 radical (unpaired) electrons. The van der Waals surface area contributed by atoms with E-state index in [1.54, 1.807) is 18.1 Å². The van der Waals surface area contributed by atoms with Gasteiger partial charge in [-0.1, -0.05) is 30.3 Å². The predicted octanol–water partition coefficient (Wildman–Crippen LogP) is 1.95. The third kappa shape index (κ3) is 4.89. The van der Waals surface area contributed by atoms with Gasteiger partial charge in [0, 0.05) is 10.9 Å². The highest BCUT2D eigenvalue weighted by Crippen LogP contribution is 2.18. The van der Waals surface area contributed by atoms with Gasteiger partial charge in [0.25, 0.3) is 5.56 Å². The quantitative estimate of drug-likeness (QED) is 0.351. The molecule has 2 aromatic carbocycles. The standard InChI is InChI=1S/C25H24N6O3/c1-33-21-9-10-23-19(13-21)12-20(25(32)26-23)15-30(16-22-8-5-11-34-22)17-24-27-28-29-31(24)14-18-6-3-2-4-7-18/h2-13H,14-17H2,1H3,(H,26,32)/p+1. The van der Waals surface area contributed by atoms with Gasteiger partial charge in [0.05, 0.1) is 25.5 Å². The van der Waals surface area contributed by atoms with Gasteiger partial charge in [-0.3, -0.25) is 4.79 Å². The number of H-pyrrole nitrogens is 1. The zero-order chi connectivity index (χ0) is 23.3. The van der Waals surface area contributed by atoms with E-state index in [9.17, 15) is 4.79 Å². The number of aromatic amines is 1. The molecule has 9 nitrogen and oxygen atoms in total. The van der Waals surface area contributed by atoms with Crippen LogP contribution in [0, 0.1) is 0 Å². The molecule has 0 spiro atoms. The minimum absolute atomic E-state index is 0.113. The van der Waals surface area contributed by atoms with Gasteiger partial charge in [0.2, 0.25) is 5.82 Å². The lowest BCUT2D eigenvalue weighted by molar-refractivity contribution is -0.942. The van der Waals surface area contributed by atoms with Crippen molar-refractivity contribution in [3.8, 4) is 5.75 Å². The Morgan fingerprint density at radius 2 is 1.91 bits per heavy atom. The number of ether oxygens (including phenoxy) is 1. The number of furan rings is 1. The Hall–Kier alpha value is -4.24. The zero-order valence-electron chi connectivity index (χ0n) is 18.8. The normalized spacial score (nSPS) is 12.1. The average molecular weight is 458 g/mol. The van der Waals surface area contributed by atoms with Crippen LogP contribution in [-0.4, -0.2) is 32.3 Å². The third-order valence-electron chi connectivity index (χ3n) is 5.76. The molecule has 0 saturated heterocycles. The van der Waals surface area contributed by atoms with Crippen LogP contribution < -0.4 is 15.2 Å². The molecule has 2 N–H and O–H groups in total. The number of benzene rings is 2. The van der Waals surface area contributed by atoms with E-state index in [2.05, 4.69) is 20.5 Å². The Morgan fingerprint density at radius 1 is 1.03 bits per heavy atom. The van der Waals surface area contributed by atoms with Gasteiger partial charge < -0.3 is 19.0 Å². The number of hydrogen-bond acceptors (Lipinski definition) is 6. The second-order valence-corrected chi connectivity index (χ2v) is 8.17. The van der Waals surface area contributed by atoms with Gasteiger partial charge in [0.1, 0.15) is 25.4 Å². The van der Waals surface area contributed by atoms with Crippen molar-refractivity contribution in [1.29, 1.82) is 0 Å². The van der Waals surface area contributed by atoms with E-state index < -0.39 is 0 Å². The fourth-order valence-corrected chi connectivity index (χ4v) is 4.06. The number of rotatable bonds is 9. The zero-order valence-corrected chi connectivity index (χ0v) is 18.8. The number of aromatic nitrogens is 5. The molecule has 0 aliphatic carbocycles. The molecule has 1 atom stereocenters. The third-order valence-corrected chi connectivity index (χ3v) is 5.76. The molecular formula is C25H25N6O3+. The molecule has 172 valence electrons. The summed E-state index contributed by atoms with van der Waals surface area (Å²) in [7, 11) is 1.63. The second kappa shape index (κ2) is 9.72. The lowest BCUT2D eigenvalue weighted by atomic mass is 10.1. The first-order valence-electron chi connectivity index (χ1n) is 11.0. The van der Waals surface area contributed by atoms with Gasteiger partial charge in [-0.2, -0.15) is 0 Å². The van der Waals surface area contributed by atoms with E-state index in [-0.39, 0.29) is 5.56 Å². The van der Waals surface area contributed by atoms with Gasteiger partial charge in [0.15, 0.2) is 5.76 Å². The molecule has 0 aliphatic rings. The van der Waals surface area contributed by atoms with Crippen molar-refractivity contribution in [1.82, 2.24) is 25.2 Å². The number of tetrazole rings is 1. The van der Waals surface area contributed by atoms with Crippen LogP contribution >= 0.6 is 0 Å². The van der Waals surface area contributed by atoms with Crippen molar-refractivity contribution in [3.05, 3.63) is 106 Å². The second-order valence-electron chi connectivity index (χ2n) is 8.17. The van der Waals surface area contributed by atoms with Gasteiger partial charge in [-0.25, -0.2) is 4.68 Å². The number of fused-ring (bicyclic) bond motifs is 1. The van der Waals surface area contributed by atoms with Gasteiger partial charge in [-0.15, -0.1) is 5.10 Å². The molecule has 0 bridgehead atoms. The summed E-state index contributed by atoms with van der Waals surface area (Å²) in [5.74, 6) is 2.31. The maximum atomic E-state index is 12.9. The minimum atomic E-state index is -0.113. The average Bonchev–Trinajstić information content (AvgIpc) is 3.52. The highest BCUT2D eigenvalue weighted by atomic mass is 16.5. The molecule has 1 unspecified atom stereocenters. The summed E-state index contributed by atoms with van der Waals surface area (Å²) >= 11 is 0. The maximum absolute atomic E-state index is 12.9. The summed E-state index contributed by atoms with van der Waals surface area (Å²) < 4.78 is 12.7. The van der Waals surface area contributed by atoms with E-state index in [1.165, 1.54) is 0 Å². The van der Waals surface area contributed by atoms with Crippen LogP contribution in [0.5, 0.6) is 5.75 Å². The van der Waals surface area contributed by atoms with Crippen molar-refractivity contribution < 1.29 is 14.1 Å². The van der Waals surface area contributed by atoms with Crippen molar-refractivity contribution in [2.75, 3.05) is 7.11 Å². The first-order valence-corrected chi connectivity index (χ1v) is 11.0. The Kier molecular flexibility index (Phi) is 6.17. The lowest BCUT2D eigenvalue weighted by Gasteiger charge is -2.18. The summed E-state index contributed by atoms with van der Waals surface area (Å²) in [5, 5.41) is 13.3. The number of hydrogen-bond donors (Lipinski definition) is 2. The van der Waals surface area contributed by atoms with Crippen LogP contribution in [0.2, 0.25) is 0 Å². The van der Waals surface area contributed by atoms with Crippen LogP contribution in [0.15, 0.2) is 82.2 Å². The fraction of sp³-hybridized carbons (Fsp3) is 0.200. The summed E-state index contributed by atoms with van der Waals surface area (Å²) in [6.07, 6.45) is 1.65.